The second-order valence-electron chi connectivity index (χ2n) is 9.83. The second kappa shape index (κ2) is 7.89. The van der Waals surface area contributed by atoms with Gasteiger partial charge in [-0.15, -0.1) is 6.58 Å². The van der Waals surface area contributed by atoms with Crippen LogP contribution < -0.4 is 0 Å². The summed E-state index contributed by atoms with van der Waals surface area (Å²) in [7, 11) is 0. The number of rotatable bonds is 5. The number of hydrogen-bond donors (Lipinski definition) is 1. The summed E-state index contributed by atoms with van der Waals surface area (Å²) >= 11 is 0. The Morgan fingerprint density at radius 2 is 2.03 bits per heavy atom. The number of aryl methyl sites for hydroxylation is 2. The molecule has 3 aliphatic heterocycles. The first-order valence-corrected chi connectivity index (χ1v) is 11.6. The van der Waals surface area contributed by atoms with Crippen molar-refractivity contribution in [3.05, 3.63) is 89.6 Å². The van der Waals surface area contributed by atoms with Gasteiger partial charge < -0.3 is 9.59 Å². The number of fused-ring (bicyclic) bond motifs is 4. The van der Waals surface area contributed by atoms with E-state index in [1.807, 2.05) is 30.5 Å². The molecule has 0 spiro atoms. The third-order valence-corrected chi connectivity index (χ3v) is 8.02. The highest BCUT2D eigenvalue weighted by Gasteiger charge is 2.54. The van der Waals surface area contributed by atoms with Crippen molar-refractivity contribution in [1.29, 1.82) is 0 Å². The zero-order valence-corrected chi connectivity index (χ0v) is 18.7. The van der Waals surface area contributed by atoms with Crippen molar-refractivity contribution in [2.24, 2.45) is 11.8 Å². The van der Waals surface area contributed by atoms with Gasteiger partial charge in [0.1, 0.15) is 18.7 Å². The van der Waals surface area contributed by atoms with Crippen LogP contribution >= 0.6 is 0 Å². The number of benzene rings is 2. The third kappa shape index (κ3) is 3.50. The van der Waals surface area contributed by atoms with E-state index in [0.717, 1.165) is 47.0 Å². The smallest absolute Gasteiger partial charge is 0.131 e. The molecule has 2 aromatic carbocycles. The average molecular weight is 414 g/mol. The highest BCUT2D eigenvalue weighted by atomic mass is 16.3. The number of aliphatic hydroxyl groups excluding tert-OH is 1. The zero-order valence-electron chi connectivity index (χ0n) is 18.7. The van der Waals surface area contributed by atoms with Gasteiger partial charge in [-0.3, -0.25) is 4.98 Å². The molecule has 2 bridgehead atoms. The summed E-state index contributed by atoms with van der Waals surface area (Å²) in [5.41, 5.74) is 6.06. The molecule has 0 saturated carbocycles. The Morgan fingerprint density at radius 1 is 1.19 bits per heavy atom. The van der Waals surface area contributed by atoms with Gasteiger partial charge in [-0.25, -0.2) is 0 Å². The molecule has 3 aromatic rings. The molecular weight excluding hydrogens is 380 g/mol. The van der Waals surface area contributed by atoms with Crippen LogP contribution in [0.1, 0.15) is 41.2 Å². The minimum atomic E-state index is -0.493. The van der Waals surface area contributed by atoms with E-state index in [4.69, 9.17) is 0 Å². The average Bonchev–Trinajstić information content (AvgIpc) is 2.80. The van der Waals surface area contributed by atoms with Crippen LogP contribution in [-0.4, -0.2) is 33.7 Å². The predicted octanol–water partition coefficient (Wildman–Crippen LogP) is 5.50. The largest absolute Gasteiger partial charge is 0.382 e. The van der Waals surface area contributed by atoms with Crippen LogP contribution in [-0.2, 0) is 6.54 Å². The maximum Gasteiger partial charge on any atom is 0.131 e. The van der Waals surface area contributed by atoms with Crippen LogP contribution in [0.5, 0.6) is 0 Å². The van der Waals surface area contributed by atoms with Crippen LogP contribution in [0.2, 0.25) is 0 Å². The standard InChI is InChI=1S/C28H33N2O/c1-4-21-17-30(18-23-10-9-19(2)15-20(23)3)14-12-22(21)16-27(30)28(31)25-11-13-29-26-8-6-5-7-24(25)26/h4-11,13,15,21-22,27-28,31H,1,12,14,16-18H2,2-3H3/q+1/t21-,22-,27+,28-,30-/m0/s1. The van der Waals surface area contributed by atoms with Gasteiger partial charge in [-0.2, -0.15) is 0 Å². The van der Waals surface area contributed by atoms with E-state index < -0.39 is 6.10 Å². The van der Waals surface area contributed by atoms with Crippen LogP contribution in [0.15, 0.2) is 67.4 Å². The molecule has 3 fully saturated rings. The Morgan fingerprint density at radius 3 is 2.84 bits per heavy atom. The molecule has 1 N–H and O–H groups in total. The van der Waals surface area contributed by atoms with Gasteiger partial charge >= 0.3 is 0 Å². The maximum absolute atomic E-state index is 11.8. The van der Waals surface area contributed by atoms with Crippen molar-refractivity contribution in [2.45, 2.75) is 45.4 Å². The predicted molar refractivity (Wildman–Crippen MR) is 127 cm³/mol. The molecule has 0 amide bonds. The SMILES string of the molecule is C=C[C@H]1C[N@+]2(Cc3ccc(C)cc3C)CC[C@H]1C[C@@H]2[C@@H](O)c1ccnc2ccccc12. The minimum Gasteiger partial charge on any atom is -0.382 e. The molecule has 6 rings (SSSR count). The fourth-order valence-corrected chi connectivity index (χ4v) is 6.33. The number of piperidine rings is 3. The van der Waals surface area contributed by atoms with Crippen molar-refractivity contribution in [3.8, 4) is 0 Å². The summed E-state index contributed by atoms with van der Waals surface area (Å²) in [4.78, 5) is 4.52. The van der Waals surface area contributed by atoms with Gasteiger partial charge in [0, 0.05) is 35.9 Å². The third-order valence-electron chi connectivity index (χ3n) is 8.02. The van der Waals surface area contributed by atoms with Crippen LogP contribution in [0, 0.1) is 25.7 Å². The van der Waals surface area contributed by atoms with Crippen molar-refractivity contribution in [1.82, 2.24) is 4.98 Å². The highest BCUT2D eigenvalue weighted by Crippen LogP contribution is 2.48. The van der Waals surface area contributed by atoms with Gasteiger partial charge in [0.25, 0.3) is 0 Å². The number of aliphatic hydroxyl groups is 1. The van der Waals surface area contributed by atoms with Gasteiger partial charge in [0.05, 0.1) is 18.6 Å². The monoisotopic (exact) mass is 413 g/mol. The molecular formula is C28H33N2O+. The number of para-hydroxylation sites is 1. The quantitative estimate of drug-likeness (QED) is 0.443. The lowest BCUT2D eigenvalue weighted by Gasteiger charge is -2.58. The molecule has 4 heterocycles. The summed E-state index contributed by atoms with van der Waals surface area (Å²) in [5.74, 6) is 1.17. The normalized spacial score (nSPS) is 28.5. The van der Waals surface area contributed by atoms with E-state index in [1.165, 1.54) is 23.1 Å². The fourth-order valence-electron chi connectivity index (χ4n) is 6.33. The van der Waals surface area contributed by atoms with E-state index in [1.54, 1.807) is 0 Å². The van der Waals surface area contributed by atoms with Crippen molar-refractivity contribution < 1.29 is 9.59 Å². The number of pyridine rings is 1. The van der Waals surface area contributed by atoms with Gasteiger partial charge in [0.15, 0.2) is 0 Å². The molecule has 0 unspecified atom stereocenters. The van der Waals surface area contributed by atoms with E-state index >= 15 is 0 Å². The minimum absolute atomic E-state index is 0.196. The first kappa shape index (κ1) is 20.4. The lowest BCUT2D eigenvalue weighted by Crippen LogP contribution is -2.67. The Hall–Kier alpha value is -2.49. The Bertz CT molecular complexity index is 1120. The topological polar surface area (TPSA) is 33.1 Å². The highest BCUT2D eigenvalue weighted by molar-refractivity contribution is 5.82. The lowest BCUT2D eigenvalue weighted by atomic mass is 9.71. The van der Waals surface area contributed by atoms with Crippen molar-refractivity contribution >= 4 is 10.9 Å². The van der Waals surface area contributed by atoms with E-state index in [-0.39, 0.29) is 6.04 Å². The molecule has 0 radical (unpaired) electrons. The lowest BCUT2D eigenvalue weighted by molar-refractivity contribution is -0.985. The van der Waals surface area contributed by atoms with Gasteiger partial charge in [-0.05, 0) is 43.0 Å². The van der Waals surface area contributed by atoms with Crippen LogP contribution in [0.3, 0.4) is 0 Å². The van der Waals surface area contributed by atoms with Gasteiger partial charge in [0.2, 0.25) is 0 Å². The molecule has 3 saturated heterocycles. The summed E-state index contributed by atoms with van der Waals surface area (Å²) in [6.07, 6.45) is 5.80. The number of aromatic nitrogens is 1. The second-order valence-corrected chi connectivity index (χ2v) is 9.83. The molecule has 0 aliphatic carbocycles. The molecule has 31 heavy (non-hydrogen) atoms. The Balaban J connectivity index is 1.56. The first-order chi connectivity index (χ1) is 15.0. The summed E-state index contributed by atoms with van der Waals surface area (Å²) in [6.45, 7) is 11.7. The molecule has 3 nitrogen and oxygen atoms in total. The molecule has 1 aromatic heterocycles. The Kier molecular flexibility index (Phi) is 5.19. The number of quaternary nitrogens is 1. The molecule has 160 valence electrons. The van der Waals surface area contributed by atoms with E-state index in [2.05, 4.69) is 55.8 Å². The maximum atomic E-state index is 11.8. The van der Waals surface area contributed by atoms with Crippen LogP contribution in [0.25, 0.3) is 10.9 Å². The van der Waals surface area contributed by atoms with Crippen molar-refractivity contribution in [2.75, 3.05) is 13.1 Å². The number of hydrogen-bond acceptors (Lipinski definition) is 2. The fraction of sp³-hybridized carbons (Fsp3) is 0.393. The summed E-state index contributed by atoms with van der Waals surface area (Å²) < 4.78 is 0.953. The summed E-state index contributed by atoms with van der Waals surface area (Å²) in [6, 6.07) is 17.2. The van der Waals surface area contributed by atoms with Gasteiger partial charge in [-0.1, -0.05) is 48.0 Å². The van der Waals surface area contributed by atoms with E-state index in [0.29, 0.717) is 11.8 Å². The van der Waals surface area contributed by atoms with Crippen LogP contribution in [0.4, 0.5) is 0 Å². The van der Waals surface area contributed by atoms with Crippen molar-refractivity contribution in [3.63, 3.8) is 0 Å². The molecule has 3 heteroatoms. The Labute approximate surface area is 185 Å². The first-order valence-electron chi connectivity index (χ1n) is 11.6. The van der Waals surface area contributed by atoms with E-state index in [9.17, 15) is 5.11 Å². The molecule has 3 aliphatic rings. The molecule has 5 atom stereocenters. The number of nitrogens with zero attached hydrogens (tertiary/aromatic N) is 2. The zero-order chi connectivity index (χ0) is 21.6. The summed E-state index contributed by atoms with van der Waals surface area (Å²) in [5, 5.41) is 12.9.